The minimum absolute atomic E-state index is 0.738. The summed E-state index contributed by atoms with van der Waals surface area (Å²) in [5.41, 5.74) is 15.6. The van der Waals surface area contributed by atoms with E-state index >= 15 is 0 Å². The van der Waals surface area contributed by atoms with Crippen LogP contribution in [0.5, 0.6) is 11.5 Å². The van der Waals surface area contributed by atoms with Crippen LogP contribution < -0.4 is 16.2 Å². The minimum Gasteiger partial charge on any atom is -0.457 e. The standard InChI is InChI=1S/C22H24N2O/c23-19-9-5-17(6-10-19)3-1-2-4-18-7-13-21(14-8-18)25-22-15-11-20(24)12-16-22/h5-16H,1-4,23-24H2. The van der Waals surface area contributed by atoms with Crippen molar-refractivity contribution in [3.05, 3.63) is 83.9 Å². The molecule has 0 aliphatic carbocycles. The van der Waals surface area contributed by atoms with E-state index < -0.39 is 0 Å². The molecule has 0 amide bonds. The predicted molar refractivity (Wildman–Crippen MR) is 105 cm³/mol. The van der Waals surface area contributed by atoms with E-state index in [-0.39, 0.29) is 0 Å². The van der Waals surface area contributed by atoms with Crippen LogP contribution in [0.2, 0.25) is 0 Å². The van der Waals surface area contributed by atoms with Gasteiger partial charge in [0.05, 0.1) is 0 Å². The first-order valence-corrected chi connectivity index (χ1v) is 8.66. The van der Waals surface area contributed by atoms with Gasteiger partial charge in [0.2, 0.25) is 0 Å². The molecule has 0 spiro atoms. The van der Waals surface area contributed by atoms with Crippen molar-refractivity contribution >= 4 is 11.4 Å². The maximum atomic E-state index is 5.82. The zero-order chi connectivity index (χ0) is 17.5. The second-order valence-corrected chi connectivity index (χ2v) is 6.26. The van der Waals surface area contributed by atoms with Crippen molar-refractivity contribution in [3.8, 4) is 11.5 Å². The highest BCUT2D eigenvalue weighted by atomic mass is 16.5. The molecule has 0 fully saturated rings. The fourth-order valence-corrected chi connectivity index (χ4v) is 2.74. The largest absolute Gasteiger partial charge is 0.457 e. The van der Waals surface area contributed by atoms with Crippen LogP contribution >= 0.6 is 0 Å². The monoisotopic (exact) mass is 332 g/mol. The predicted octanol–water partition coefficient (Wildman–Crippen LogP) is 5.21. The number of hydrogen-bond donors (Lipinski definition) is 2. The Morgan fingerprint density at radius 2 is 0.880 bits per heavy atom. The highest BCUT2D eigenvalue weighted by Crippen LogP contribution is 2.23. The summed E-state index contributed by atoms with van der Waals surface area (Å²) in [6.45, 7) is 0. The summed E-state index contributed by atoms with van der Waals surface area (Å²) in [6, 6.07) is 23.9. The van der Waals surface area contributed by atoms with Gasteiger partial charge < -0.3 is 16.2 Å². The number of nitrogens with two attached hydrogens (primary N) is 2. The molecule has 0 unspecified atom stereocenters. The van der Waals surface area contributed by atoms with E-state index in [1.807, 2.05) is 48.5 Å². The van der Waals surface area contributed by atoms with Crippen molar-refractivity contribution in [1.82, 2.24) is 0 Å². The summed E-state index contributed by atoms with van der Waals surface area (Å²) < 4.78 is 5.82. The molecule has 0 saturated carbocycles. The first-order valence-electron chi connectivity index (χ1n) is 8.66. The molecule has 0 aliphatic heterocycles. The Kier molecular flexibility index (Phi) is 5.57. The maximum Gasteiger partial charge on any atom is 0.127 e. The molecule has 0 atom stereocenters. The van der Waals surface area contributed by atoms with Crippen LogP contribution in [0.4, 0.5) is 11.4 Å². The number of nitrogen functional groups attached to an aromatic ring is 2. The van der Waals surface area contributed by atoms with Gasteiger partial charge in [-0.2, -0.15) is 0 Å². The van der Waals surface area contributed by atoms with Crippen molar-refractivity contribution < 1.29 is 4.74 Å². The first-order chi connectivity index (χ1) is 12.2. The average molecular weight is 332 g/mol. The summed E-state index contributed by atoms with van der Waals surface area (Å²) in [6.07, 6.45) is 4.52. The normalized spacial score (nSPS) is 10.6. The molecule has 0 saturated heterocycles. The third kappa shape index (κ3) is 5.28. The third-order valence-corrected chi connectivity index (χ3v) is 4.20. The molecule has 0 aliphatic rings. The molecule has 25 heavy (non-hydrogen) atoms. The Morgan fingerprint density at radius 1 is 0.520 bits per heavy atom. The number of rotatable bonds is 7. The highest BCUT2D eigenvalue weighted by molar-refractivity contribution is 5.43. The van der Waals surface area contributed by atoms with Crippen LogP contribution in [0.3, 0.4) is 0 Å². The van der Waals surface area contributed by atoms with Crippen molar-refractivity contribution in [2.45, 2.75) is 25.7 Å². The number of anilines is 2. The van der Waals surface area contributed by atoms with E-state index in [2.05, 4.69) is 24.3 Å². The molecule has 3 aromatic rings. The fourth-order valence-electron chi connectivity index (χ4n) is 2.74. The number of hydrogen-bond acceptors (Lipinski definition) is 3. The van der Waals surface area contributed by atoms with Gasteiger partial charge in [-0.05, 0) is 85.3 Å². The Balaban J connectivity index is 1.44. The van der Waals surface area contributed by atoms with Crippen LogP contribution in [0.15, 0.2) is 72.8 Å². The van der Waals surface area contributed by atoms with Crippen LogP contribution in [-0.2, 0) is 12.8 Å². The van der Waals surface area contributed by atoms with Gasteiger partial charge >= 0.3 is 0 Å². The molecular formula is C22H24N2O. The summed E-state index contributed by atoms with van der Waals surface area (Å²) in [5.74, 6) is 1.64. The molecular weight excluding hydrogens is 308 g/mol. The number of unbranched alkanes of at least 4 members (excludes halogenated alkanes) is 1. The van der Waals surface area contributed by atoms with Crippen molar-refractivity contribution in [2.24, 2.45) is 0 Å². The minimum atomic E-state index is 0.738. The SMILES string of the molecule is Nc1ccc(CCCCc2ccc(Oc3ccc(N)cc3)cc2)cc1. The zero-order valence-corrected chi connectivity index (χ0v) is 14.3. The van der Waals surface area contributed by atoms with Gasteiger partial charge in [-0.15, -0.1) is 0 Å². The number of ether oxygens (including phenoxy) is 1. The summed E-state index contributed by atoms with van der Waals surface area (Å²) in [5, 5.41) is 0. The van der Waals surface area contributed by atoms with Gasteiger partial charge in [-0.3, -0.25) is 0 Å². The zero-order valence-electron chi connectivity index (χ0n) is 14.3. The molecule has 0 bridgehead atoms. The highest BCUT2D eigenvalue weighted by Gasteiger charge is 1.99. The molecule has 3 nitrogen and oxygen atoms in total. The molecule has 4 N–H and O–H groups in total. The van der Waals surface area contributed by atoms with E-state index in [9.17, 15) is 0 Å². The molecule has 0 radical (unpaired) electrons. The third-order valence-electron chi connectivity index (χ3n) is 4.20. The number of benzene rings is 3. The van der Waals surface area contributed by atoms with E-state index in [0.717, 1.165) is 35.7 Å². The lowest BCUT2D eigenvalue weighted by atomic mass is 10.0. The van der Waals surface area contributed by atoms with Gasteiger partial charge in [0.1, 0.15) is 11.5 Å². The van der Waals surface area contributed by atoms with Crippen molar-refractivity contribution in [2.75, 3.05) is 11.5 Å². The Hall–Kier alpha value is -2.94. The van der Waals surface area contributed by atoms with Gasteiger partial charge in [-0.1, -0.05) is 24.3 Å². The van der Waals surface area contributed by atoms with Crippen molar-refractivity contribution in [3.63, 3.8) is 0 Å². The van der Waals surface area contributed by atoms with Gasteiger partial charge in [0.15, 0.2) is 0 Å². The van der Waals surface area contributed by atoms with E-state index in [1.54, 1.807) is 0 Å². The Bertz CT molecular complexity index is 778. The van der Waals surface area contributed by atoms with E-state index in [0.29, 0.717) is 0 Å². The summed E-state index contributed by atoms with van der Waals surface area (Å²) >= 11 is 0. The smallest absolute Gasteiger partial charge is 0.127 e. The van der Waals surface area contributed by atoms with Crippen LogP contribution in [0, 0.1) is 0 Å². The van der Waals surface area contributed by atoms with Crippen LogP contribution in [0.25, 0.3) is 0 Å². The van der Waals surface area contributed by atoms with Crippen LogP contribution in [0.1, 0.15) is 24.0 Å². The second-order valence-electron chi connectivity index (χ2n) is 6.26. The summed E-state index contributed by atoms with van der Waals surface area (Å²) in [7, 11) is 0. The van der Waals surface area contributed by atoms with Crippen molar-refractivity contribution in [1.29, 1.82) is 0 Å². The lowest BCUT2D eigenvalue weighted by Crippen LogP contribution is -1.91. The summed E-state index contributed by atoms with van der Waals surface area (Å²) in [4.78, 5) is 0. The number of aryl methyl sites for hydroxylation is 2. The lowest BCUT2D eigenvalue weighted by molar-refractivity contribution is 0.482. The van der Waals surface area contributed by atoms with Gasteiger partial charge in [-0.25, -0.2) is 0 Å². The molecule has 3 aromatic carbocycles. The fraction of sp³-hybridized carbons (Fsp3) is 0.182. The quantitative estimate of drug-likeness (QED) is 0.461. The van der Waals surface area contributed by atoms with Gasteiger partial charge in [0.25, 0.3) is 0 Å². The second kappa shape index (κ2) is 8.25. The first kappa shape index (κ1) is 16.9. The van der Waals surface area contributed by atoms with Gasteiger partial charge in [0, 0.05) is 11.4 Å². The maximum absolute atomic E-state index is 5.82. The van der Waals surface area contributed by atoms with Crippen LogP contribution in [-0.4, -0.2) is 0 Å². The topological polar surface area (TPSA) is 61.3 Å². The molecule has 128 valence electrons. The van der Waals surface area contributed by atoms with E-state index in [1.165, 1.54) is 24.0 Å². The molecule has 3 rings (SSSR count). The molecule has 0 heterocycles. The molecule has 3 heteroatoms. The Morgan fingerprint density at radius 3 is 1.36 bits per heavy atom. The average Bonchev–Trinajstić information content (AvgIpc) is 2.63. The van der Waals surface area contributed by atoms with E-state index in [4.69, 9.17) is 16.2 Å². The Labute approximate surface area is 149 Å². The lowest BCUT2D eigenvalue weighted by Gasteiger charge is -2.07. The molecule has 0 aromatic heterocycles.